The molecule has 20 heavy (non-hydrogen) atoms. The molecule has 0 aliphatic carbocycles. The van der Waals surface area contributed by atoms with Gasteiger partial charge < -0.3 is 4.74 Å². The molecule has 100 valence electrons. The molecule has 3 aromatic rings. The Hall–Kier alpha value is -3.10. The van der Waals surface area contributed by atoms with Crippen molar-refractivity contribution in [3.63, 3.8) is 0 Å². The van der Waals surface area contributed by atoms with Crippen LogP contribution in [-0.4, -0.2) is 32.3 Å². The van der Waals surface area contributed by atoms with Crippen molar-refractivity contribution in [2.45, 2.75) is 0 Å². The fraction of sp³-hybridized carbons (Fsp3) is 0.0909. The first-order valence-electron chi connectivity index (χ1n) is 5.47. The van der Waals surface area contributed by atoms with Gasteiger partial charge in [0.15, 0.2) is 5.75 Å². The van der Waals surface area contributed by atoms with Crippen LogP contribution in [0.4, 0.5) is 5.69 Å². The fourth-order valence-corrected chi connectivity index (χ4v) is 1.73. The summed E-state index contributed by atoms with van der Waals surface area (Å²) in [5.74, 6) is 0.177. The average molecular weight is 273 g/mol. The summed E-state index contributed by atoms with van der Waals surface area (Å²) in [6.45, 7) is 0. The van der Waals surface area contributed by atoms with Crippen LogP contribution in [0.25, 0.3) is 22.6 Å². The Kier molecular flexibility index (Phi) is 2.71. The van der Waals surface area contributed by atoms with Crippen LogP contribution in [0.15, 0.2) is 29.0 Å². The van der Waals surface area contributed by atoms with E-state index in [9.17, 15) is 10.1 Å². The van der Waals surface area contributed by atoms with Gasteiger partial charge >= 0.3 is 5.69 Å². The van der Waals surface area contributed by atoms with E-state index in [1.54, 1.807) is 6.07 Å². The second kappa shape index (κ2) is 4.53. The number of benzene rings is 1. The first-order valence-corrected chi connectivity index (χ1v) is 5.47. The molecule has 0 fully saturated rings. The van der Waals surface area contributed by atoms with E-state index >= 15 is 0 Å². The van der Waals surface area contributed by atoms with Crippen molar-refractivity contribution in [2.24, 2.45) is 0 Å². The van der Waals surface area contributed by atoms with E-state index < -0.39 is 4.92 Å². The molecule has 0 N–H and O–H groups in total. The van der Waals surface area contributed by atoms with E-state index in [-0.39, 0.29) is 22.7 Å². The highest BCUT2D eigenvalue weighted by molar-refractivity contribution is 5.71. The second-order valence-corrected chi connectivity index (χ2v) is 3.81. The lowest BCUT2D eigenvalue weighted by Gasteiger charge is -2.04. The molecule has 0 radical (unpaired) electrons. The molecular formula is C11H7N5O4. The van der Waals surface area contributed by atoms with Crippen LogP contribution in [0.5, 0.6) is 5.75 Å². The predicted octanol–water partition coefficient (Wildman–Crippen LogP) is 1.60. The molecule has 0 saturated carbocycles. The minimum absolute atomic E-state index is 0.148. The number of aromatic nitrogens is 4. The molecular weight excluding hydrogens is 266 g/mol. The van der Waals surface area contributed by atoms with Crippen LogP contribution >= 0.6 is 0 Å². The summed E-state index contributed by atoms with van der Waals surface area (Å²) >= 11 is 0. The zero-order valence-corrected chi connectivity index (χ0v) is 10.2. The molecule has 0 spiro atoms. The number of methoxy groups -OCH3 is 1. The molecule has 0 bridgehead atoms. The van der Waals surface area contributed by atoms with E-state index in [0.717, 1.165) is 0 Å². The molecule has 2 aromatic heterocycles. The van der Waals surface area contributed by atoms with E-state index in [1.807, 2.05) is 0 Å². The summed E-state index contributed by atoms with van der Waals surface area (Å²) in [5.41, 5.74) is 1.32. The van der Waals surface area contributed by atoms with Gasteiger partial charge in [-0.3, -0.25) is 10.1 Å². The third-order valence-electron chi connectivity index (χ3n) is 2.66. The first kappa shape index (κ1) is 12.0. The Morgan fingerprint density at radius 2 is 2.10 bits per heavy atom. The molecule has 0 amide bonds. The molecule has 0 saturated heterocycles. The molecule has 0 atom stereocenters. The van der Waals surface area contributed by atoms with Gasteiger partial charge in [-0.2, -0.15) is 0 Å². The molecule has 0 aliphatic heterocycles. The Balaban J connectivity index is 2.13. The maximum absolute atomic E-state index is 11.0. The highest BCUT2D eigenvalue weighted by Gasteiger charge is 2.17. The van der Waals surface area contributed by atoms with Gasteiger partial charge in [0.2, 0.25) is 11.3 Å². The van der Waals surface area contributed by atoms with Crippen LogP contribution in [-0.2, 0) is 0 Å². The molecule has 1 aromatic carbocycles. The molecule has 2 heterocycles. The van der Waals surface area contributed by atoms with Gasteiger partial charge in [-0.25, -0.2) is 14.6 Å². The number of rotatable bonds is 3. The Labute approximate surface area is 111 Å². The second-order valence-electron chi connectivity index (χ2n) is 3.81. The lowest BCUT2D eigenvalue weighted by atomic mass is 10.1. The van der Waals surface area contributed by atoms with Gasteiger partial charge in [-0.15, -0.1) is 0 Å². The third kappa shape index (κ3) is 1.90. The van der Waals surface area contributed by atoms with Gasteiger partial charge in [0, 0.05) is 11.6 Å². The number of ether oxygens (including phenoxy) is 1. The molecule has 3 rings (SSSR count). The smallest absolute Gasteiger partial charge is 0.311 e. The minimum atomic E-state index is -0.522. The predicted molar refractivity (Wildman–Crippen MR) is 66.0 cm³/mol. The molecule has 0 unspecified atom stereocenters. The van der Waals surface area contributed by atoms with Gasteiger partial charge in [-0.1, -0.05) is 0 Å². The molecule has 9 nitrogen and oxygen atoms in total. The van der Waals surface area contributed by atoms with Gasteiger partial charge in [0.25, 0.3) is 0 Å². The highest BCUT2D eigenvalue weighted by Crippen LogP contribution is 2.31. The first-order chi connectivity index (χ1) is 9.69. The maximum atomic E-state index is 11.0. The number of nitrogens with zero attached hydrogens (tertiary/aromatic N) is 5. The highest BCUT2D eigenvalue weighted by atomic mass is 16.6. The summed E-state index contributed by atoms with van der Waals surface area (Å²) in [6, 6.07) is 4.51. The van der Waals surface area contributed by atoms with Crippen molar-refractivity contribution in [1.82, 2.24) is 20.3 Å². The zero-order valence-electron chi connectivity index (χ0n) is 10.2. The number of hydrogen-bond acceptors (Lipinski definition) is 8. The summed E-state index contributed by atoms with van der Waals surface area (Å²) in [5, 5.41) is 18.1. The SMILES string of the molecule is COc1ccc(-c2cnc3nonc3n2)cc1[N+](=O)[O-]. The van der Waals surface area contributed by atoms with E-state index in [2.05, 4.69) is 24.9 Å². The normalized spacial score (nSPS) is 10.7. The monoisotopic (exact) mass is 273 g/mol. The third-order valence-corrected chi connectivity index (χ3v) is 2.66. The standard InChI is InChI=1S/C11H7N5O4/c1-19-9-3-2-6(4-8(9)16(17)18)7-5-12-10-11(13-7)15-20-14-10/h2-5H,1H3. The van der Waals surface area contributed by atoms with E-state index in [4.69, 9.17) is 4.74 Å². The van der Waals surface area contributed by atoms with Crippen molar-refractivity contribution in [2.75, 3.05) is 7.11 Å². The van der Waals surface area contributed by atoms with Crippen molar-refractivity contribution in [1.29, 1.82) is 0 Å². The van der Waals surface area contributed by atoms with Crippen LogP contribution in [0.3, 0.4) is 0 Å². The summed E-state index contributed by atoms with van der Waals surface area (Å²) in [7, 11) is 1.37. The lowest BCUT2D eigenvalue weighted by molar-refractivity contribution is -0.385. The molecule has 0 aliphatic rings. The number of fused-ring (bicyclic) bond motifs is 1. The largest absolute Gasteiger partial charge is 0.490 e. The topological polar surface area (TPSA) is 117 Å². The fourth-order valence-electron chi connectivity index (χ4n) is 1.73. The maximum Gasteiger partial charge on any atom is 0.311 e. The van der Waals surface area contributed by atoms with Gasteiger partial charge in [-0.05, 0) is 22.4 Å². The summed E-state index contributed by atoms with van der Waals surface area (Å²) in [4.78, 5) is 18.6. The van der Waals surface area contributed by atoms with Crippen molar-refractivity contribution in [3.05, 3.63) is 34.5 Å². The number of nitro benzene ring substituents is 1. The van der Waals surface area contributed by atoms with E-state index in [0.29, 0.717) is 11.3 Å². The molecule has 9 heteroatoms. The zero-order chi connectivity index (χ0) is 14.1. The lowest BCUT2D eigenvalue weighted by Crippen LogP contribution is -1.95. The Bertz CT molecular complexity index is 800. The van der Waals surface area contributed by atoms with Crippen LogP contribution in [0, 0.1) is 10.1 Å². The summed E-state index contributed by atoms with van der Waals surface area (Å²) < 4.78 is 9.44. The Morgan fingerprint density at radius 3 is 2.85 bits per heavy atom. The van der Waals surface area contributed by atoms with E-state index in [1.165, 1.54) is 25.4 Å². The van der Waals surface area contributed by atoms with Crippen molar-refractivity contribution >= 4 is 17.0 Å². The van der Waals surface area contributed by atoms with Crippen molar-refractivity contribution in [3.8, 4) is 17.0 Å². The number of hydrogen-bond donors (Lipinski definition) is 0. The van der Waals surface area contributed by atoms with Gasteiger partial charge in [0.1, 0.15) is 0 Å². The van der Waals surface area contributed by atoms with Gasteiger partial charge in [0.05, 0.1) is 23.9 Å². The minimum Gasteiger partial charge on any atom is -0.490 e. The van der Waals surface area contributed by atoms with Crippen LogP contribution in [0.2, 0.25) is 0 Å². The van der Waals surface area contributed by atoms with Crippen molar-refractivity contribution < 1.29 is 14.3 Å². The quantitative estimate of drug-likeness (QED) is 0.521. The van der Waals surface area contributed by atoms with Crippen LogP contribution in [0.1, 0.15) is 0 Å². The Morgan fingerprint density at radius 1 is 1.30 bits per heavy atom. The average Bonchev–Trinajstić information content (AvgIpc) is 2.93. The van der Waals surface area contributed by atoms with Crippen LogP contribution < -0.4 is 4.74 Å². The summed E-state index contributed by atoms with van der Waals surface area (Å²) in [6.07, 6.45) is 1.44. The number of nitro groups is 1.